The molecular formula is C16H19N3O3S. The number of benzene rings is 1. The second-order valence-electron chi connectivity index (χ2n) is 6.52. The van der Waals surface area contributed by atoms with E-state index in [2.05, 4.69) is 10.1 Å². The largest absolute Gasteiger partial charge is 0.339 e. The first kappa shape index (κ1) is 14.8. The maximum absolute atomic E-state index is 12.5. The number of hydrogen-bond donors (Lipinski definition) is 0. The van der Waals surface area contributed by atoms with Crippen molar-refractivity contribution in [2.24, 2.45) is 0 Å². The number of rotatable bonds is 5. The zero-order chi connectivity index (χ0) is 16.0. The molecule has 0 bridgehead atoms. The van der Waals surface area contributed by atoms with Gasteiger partial charge in [-0.2, -0.15) is 9.29 Å². The highest BCUT2D eigenvalue weighted by Gasteiger charge is 2.40. The Morgan fingerprint density at radius 1 is 1.26 bits per heavy atom. The van der Waals surface area contributed by atoms with Crippen molar-refractivity contribution in [1.82, 2.24) is 14.4 Å². The molecule has 1 saturated carbocycles. The molecular weight excluding hydrogens is 314 g/mol. The van der Waals surface area contributed by atoms with Crippen molar-refractivity contribution in [3.8, 4) is 0 Å². The first-order valence-corrected chi connectivity index (χ1v) is 9.49. The van der Waals surface area contributed by atoms with Crippen LogP contribution in [0.15, 0.2) is 28.8 Å². The molecule has 0 unspecified atom stereocenters. The molecule has 0 amide bonds. The highest BCUT2D eigenvalue weighted by molar-refractivity contribution is 7.88. The Bertz CT molecular complexity index is 821. The monoisotopic (exact) mass is 333 g/mol. The van der Waals surface area contributed by atoms with E-state index >= 15 is 0 Å². The van der Waals surface area contributed by atoms with Gasteiger partial charge in [-0.25, -0.2) is 8.42 Å². The van der Waals surface area contributed by atoms with Gasteiger partial charge in [-0.05, 0) is 25.3 Å². The molecule has 2 fully saturated rings. The Hall–Kier alpha value is -1.73. The standard InChI is InChI=1S/C16H19N3O3S/c1-11-3-2-4-12(7-11)10-23(20,21)19-8-14(9-19)16-17-15(18-22-16)13-5-6-13/h2-4,7,13-14H,5-6,8-10H2,1H3. The van der Waals surface area contributed by atoms with Gasteiger partial charge in [0.1, 0.15) is 0 Å². The van der Waals surface area contributed by atoms with Crippen LogP contribution in [0.2, 0.25) is 0 Å². The Morgan fingerprint density at radius 2 is 2.04 bits per heavy atom. The van der Waals surface area contributed by atoms with Crippen molar-refractivity contribution in [2.45, 2.75) is 37.4 Å². The maximum Gasteiger partial charge on any atom is 0.232 e. The molecule has 1 aliphatic heterocycles. The third-order valence-electron chi connectivity index (χ3n) is 4.42. The predicted molar refractivity (Wildman–Crippen MR) is 84.4 cm³/mol. The average Bonchev–Trinajstić information content (AvgIpc) is 3.16. The highest BCUT2D eigenvalue weighted by atomic mass is 32.2. The van der Waals surface area contributed by atoms with Crippen molar-refractivity contribution >= 4 is 10.0 Å². The molecule has 2 aromatic rings. The van der Waals surface area contributed by atoms with Crippen LogP contribution in [0.25, 0.3) is 0 Å². The second kappa shape index (κ2) is 5.42. The van der Waals surface area contributed by atoms with Crippen LogP contribution < -0.4 is 0 Å². The first-order chi connectivity index (χ1) is 11.0. The summed E-state index contributed by atoms with van der Waals surface area (Å²) < 4.78 is 31.7. The van der Waals surface area contributed by atoms with Crippen LogP contribution in [0, 0.1) is 6.92 Å². The SMILES string of the molecule is Cc1cccc(CS(=O)(=O)N2CC(c3nc(C4CC4)no3)C2)c1. The van der Waals surface area contributed by atoms with Crippen LogP contribution >= 0.6 is 0 Å². The molecule has 1 aliphatic carbocycles. The minimum absolute atomic E-state index is 0.0299. The van der Waals surface area contributed by atoms with Crippen LogP contribution in [0.5, 0.6) is 0 Å². The van der Waals surface area contributed by atoms with E-state index in [1.54, 1.807) is 0 Å². The summed E-state index contributed by atoms with van der Waals surface area (Å²) in [6.07, 6.45) is 2.25. The molecule has 122 valence electrons. The van der Waals surface area contributed by atoms with Gasteiger partial charge in [0, 0.05) is 19.0 Å². The van der Waals surface area contributed by atoms with E-state index in [0.717, 1.165) is 29.8 Å². The molecule has 2 heterocycles. The topological polar surface area (TPSA) is 76.3 Å². The van der Waals surface area contributed by atoms with Crippen molar-refractivity contribution in [3.63, 3.8) is 0 Å². The molecule has 0 N–H and O–H groups in total. The predicted octanol–water partition coefficient (Wildman–Crippen LogP) is 2.18. The maximum atomic E-state index is 12.5. The smallest absolute Gasteiger partial charge is 0.232 e. The molecule has 6 nitrogen and oxygen atoms in total. The average molecular weight is 333 g/mol. The van der Waals surface area contributed by atoms with Gasteiger partial charge in [-0.15, -0.1) is 0 Å². The highest BCUT2D eigenvalue weighted by Crippen LogP contribution is 2.39. The summed E-state index contributed by atoms with van der Waals surface area (Å²) in [5.74, 6) is 1.88. The van der Waals surface area contributed by atoms with Crippen LogP contribution in [0.1, 0.15) is 47.5 Å². The fourth-order valence-electron chi connectivity index (χ4n) is 2.85. The quantitative estimate of drug-likeness (QED) is 0.838. The third kappa shape index (κ3) is 3.03. The minimum atomic E-state index is -3.29. The molecule has 0 atom stereocenters. The molecule has 1 saturated heterocycles. The van der Waals surface area contributed by atoms with Gasteiger partial charge in [-0.3, -0.25) is 0 Å². The third-order valence-corrected chi connectivity index (χ3v) is 6.21. The molecule has 1 aromatic carbocycles. The molecule has 2 aliphatic rings. The fraction of sp³-hybridized carbons (Fsp3) is 0.500. The van der Waals surface area contributed by atoms with Gasteiger partial charge in [0.05, 0.1) is 11.7 Å². The van der Waals surface area contributed by atoms with E-state index < -0.39 is 10.0 Å². The number of nitrogens with zero attached hydrogens (tertiary/aromatic N) is 3. The zero-order valence-corrected chi connectivity index (χ0v) is 13.8. The first-order valence-electron chi connectivity index (χ1n) is 7.88. The van der Waals surface area contributed by atoms with Gasteiger partial charge in [0.2, 0.25) is 15.9 Å². The molecule has 23 heavy (non-hydrogen) atoms. The number of aromatic nitrogens is 2. The number of hydrogen-bond acceptors (Lipinski definition) is 5. The lowest BCUT2D eigenvalue weighted by Gasteiger charge is -2.35. The van der Waals surface area contributed by atoms with Crippen LogP contribution in [-0.2, 0) is 15.8 Å². The Kier molecular flexibility index (Phi) is 3.50. The van der Waals surface area contributed by atoms with Crippen LogP contribution in [-0.4, -0.2) is 36.0 Å². The number of sulfonamides is 1. The summed E-state index contributed by atoms with van der Waals surface area (Å²) in [7, 11) is -3.29. The summed E-state index contributed by atoms with van der Waals surface area (Å²) in [4.78, 5) is 4.41. The molecule has 1 aromatic heterocycles. The van der Waals surface area contributed by atoms with Crippen LogP contribution in [0.3, 0.4) is 0 Å². The molecule has 7 heteroatoms. The minimum Gasteiger partial charge on any atom is -0.339 e. The molecule has 0 radical (unpaired) electrons. The molecule has 0 spiro atoms. The van der Waals surface area contributed by atoms with E-state index in [0.29, 0.717) is 24.9 Å². The van der Waals surface area contributed by atoms with Crippen LogP contribution in [0.4, 0.5) is 0 Å². The summed E-state index contributed by atoms with van der Waals surface area (Å²) in [6.45, 7) is 2.82. The lowest BCUT2D eigenvalue weighted by atomic mass is 10.0. The van der Waals surface area contributed by atoms with Gasteiger partial charge < -0.3 is 4.52 Å². The summed E-state index contributed by atoms with van der Waals surface area (Å²) in [6, 6.07) is 7.61. The molecule has 4 rings (SSSR count). The van der Waals surface area contributed by atoms with Crippen molar-refractivity contribution in [3.05, 3.63) is 47.1 Å². The lowest BCUT2D eigenvalue weighted by molar-refractivity contribution is 0.216. The van der Waals surface area contributed by atoms with E-state index in [1.165, 1.54) is 4.31 Å². The van der Waals surface area contributed by atoms with Crippen molar-refractivity contribution in [1.29, 1.82) is 0 Å². The van der Waals surface area contributed by atoms with Gasteiger partial charge in [-0.1, -0.05) is 35.0 Å². The zero-order valence-electron chi connectivity index (χ0n) is 13.0. The Balaban J connectivity index is 1.39. The van der Waals surface area contributed by atoms with E-state index in [1.807, 2.05) is 31.2 Å². The fourth-order valence-corrected chi connectivity index (χ4v) is 4.44. The lowest BCUT2D eigenvalue weighted by Crippen LogP contribution is -2.48. The van der Waals surface area contributed by atoms with E-state index in [4.69, 9.17) is 4.52 Å². The summed E-state index contributed by atoms with van der Waals surface area (Å²) in [5.41, 5.74) is 1.89. The van der Waals surface area contributed by atoms with Crippen molar-refractivity contribution < 1.29 is 12.9 Å². The Morgan fingerprint density at radius 3 is 2.74 bits per heavy atom. The van der Waals surface area contributed by atoms with Gasteiger partial charge >= 0.3 is 0 Å². The summed E-state index contributed by atoms with van der Waals surface area (Å²) >= 11 is 0. The number of aryl methyl sites for hydroxylation is 1. The Labute approximate surface area is 135 Å². The normalized spacial score (nSPS) is 19.7. The van der Waals surface area contributed by atoms with Gasteiger partial charge in [0.15, 0.2) is 5.82 Å². The van der Waals surface area contributed by atoms with E-state index in [9.17, 15) is 8.42 Å². The van der Waals surface area contributed by atoms with Crippen molar-refractivity contribution in [2.75, 3.05) is 13.1 Å². The van der Waals surface area contributed by atoms with E-state index in [-0.39, 0.29) is 11.7 Å². The summed E-state index contributed by atoms with van der Waals surface area (Å²) in [5, 5.41) is 3.99. The van der Waals surface area contributed by atoms with Gasteiger partial charge in [0.25, 0.3) is 0 Å². The second-order valence-corrected chi connectivity index (χ2v) is 8.49.